The molecule has 1 aromatic rings. The van der Waals surface area contributed by atoms with Gasteiger partial charge in [-0.2, -0.15) is 0 Å². The van der Waals surface area contributed by atoms with Gasteiger partial charge in [-0.1, -0.05) is 38.5 Å². The highest BCUT2D eigenvalue weighted by Gasteiger charge is 2.20. The Hall–Kier alpha value is -1.06. The van der Waals surface area contributed by atoms with Gasteiger partial charge in [-0.05, 0) is 24.3 Å². The Morgan fingerprint density at radius 3 is 2.44 bits per heavy atom. The fourth-order valence-corrected chi connectivity index (χ4v) is 1.88. The number of aliphatic hydroxyl groups excluding tert-OH is 1. The van der Waals surface area contributed by atoms with Crippen LogP contribution in [0.3, 0.4) is 0 Å². The summed E-state index contributed by atoms with van der Waals surface area (Å²) in [4.78, 5) is 0. The van der Waals surface area contributed by atoms with Gasteiger partial charge in [0.05, 0.1) is 6.61 Å². The second-order valence-electron chi connectivity index (χ2n) is 5.70. The van der Waals surface area contributed by atoms with E-state index in [1.54, 1.807) is 0 Å². The SMILES string of the molecule is Cc1cc(COCCCO)c(O)c(C(C)(C)C)c1. The second kappa shape index (κ2) is 6.21. The number of phenolic OH excluding ortho intramolecular Hbond substituents is 1. The minimum atomic E-state index is -0.0873. The van der Waals surface area contributed by atoms with Crippen LogP contribution in [-0.4, -0.2) is 23.4 Å². The Morgan fingerprint density at radius 1 is 1.22 bits per heavy atom. The number of phenols is 1. The smallest absolute Gasteiger partial charge is 0.124 e. The number of aliphatic hydroxyl groups is 1. The Kier molecular flexibility index (Phi) is 5.17. The molecule has 0 saturated carbocycles. The average Bonchev–Trinajstić information content (AvgIpc) is 2.27. The summed E-state index contributed by atoms with van der Waals surface area (Å²) in [5, 5.41) is 19.0. The van der Waals surface area contributed by atoms with E-state index in [9.17, 15) is 5.11 Å². The summed E-state index contributed by atoms with van der Waals surface area (Å²) in [5.74, 6) is 0.331. The summed E-state index contributed by atoms with van der Waals surface area (Å²) in [6, 6.07) is 3.97. The molecule has 0 atom stereocenters. The molecular formula is C15H24O3. The number of ether oxygens (including phenoxy) is 1. The minimum absolute atomic E-state index is 0.0873. The van der Waals surface area contributed by atoms with Crippen molar-refractivity contribution in [3.63, 3.8) is 0 Å². The maximum atomic E-state index is 10.3. The molecule has 0 aromatic heterocycles. The van der Waals surface area contributed by atoms with Crippen LogP contribution in [0.1, 0.15) is 43.9 Å². The van der Waals surface area contributed by atoms with E-state index < -0.39 is 0 Å². The lowest BCUT2D eigenvalue weighted by Crippen LogP contribution is -2.13. The van der Waals surface area contributed by atoms with E-state index in [4.69, 9.17) is 9.84 Å². The topological polar surface area (TPSA) is 49.7 Å². The van der Waals surface area contributed by atoms with Crippen molar-refractivity contribution in [2.24, 2.45) is 0 Å². The van der Waals surface area contributed by atoms with E-state index in [1.807, 2.05) is 19.1 Å². The Labute approximate surface area is 109 Å². The number of aryl methyl sites for hydroxylation is 1. The first-order valence-corrected chi connectivity index (χ1v) is 6.38. The third-order valence-electron chi connectivity index (χ3n) is 2.85. The molecule has 0 aliphatic carbocycles. The molecule has 3 nitrogen and oxygen atoms in total. The molecule has 1 rings (SSSR count). The van der Waals surface area contributed by atoms with Crippen molar-refractivity contribution in [3.05, 3.63) is 28.8 Å². The number of hydrogen-bond donors (Lipinski definition) is 2. The Bertz CT molecular complexity index is 391. The minimum Gasteiger partial charge on any atom is -0.507 e. The molecule has 0 bridgehead atoms. The van der Waals surface area contributed by atoms with E-state index >= 15 is 0 Å². The highest BCUT2D eigenvalue weighted by atomic mass is 16.5. The summed E-state index contributed by atoms with van der Waals surface area (Å²) in [6.07, 6.45) is 0.624. The Balaban J connectivity index is 2.88. The normalized spacial score (nSPS) is 11.8. The van der Waals surface area contributed by atoms with Gasteiger partial charge < -0.3 is 14.9 Å². The van der Waals surface area contributed by atoms with Gasteiger partial charge >= 0.3 is 0 Å². The van der Waals surface area contributed by atoms with E-state index in [2.05, 4.69) is 20.8 Å². The van der Waals surface area contributed by atoms with E-state index in [0.29, 0.717) is 25.4 Å². The van der Waals surface area contributed by atoms with Crippen LogP contribution in [0.25, 0.3) is 0 Å². The number of hydrogen-bond acceptors (Lipinski definition) is 3. The van der Waals surface area contributed by atoms with Gasteiger partial charge in [-0.15, -0.1) is 0 Å². The standard InChI is InChI=1S/C15H24O3/c1-11-8-12(10-18-7-5-6-16)14(17)13(9-11)15(2,3)4/h8-9,16-17H,5-7,10H2,1-4H3. The van der Waals surface area contributed by atoms with Crippen LogP contribution in [0.2, 0.25) is 0 Å². The zero-order valence-electron chi connectivity index (χ0n) is 11.8. The molecule has 0 saturated heterocycles. The van der Waals surface area contributed by atoms with Crippen molar-refractivity contribution in [2.45, 2.75) is 46.1 Å². The molecule has 2 N–H and O–H groups in total. The monoisotopic (exact) mass is 252 g/mol. The fraction of sp³-hybridized carbons (Fsp3) is 0.600. The van der Waals surface area contributed by atoms with Crippen molar-refractivity contribution in [1.82, 2.24) is 0 Å². The van der Waals surface area contributed by atoms with Gasteiger partial charge in [0, 0.05) is 18.8 Å². The lowest BCUT2D eigenvalue weighted by atomic mass is 9.84. The van der Waals surface area contributed by atoms with Crippen molar-refractivity contribution in [3.8, 4) is 5.75 Å². The maximum absolute atomic E-state index is 10.3. The molecule has 0 heterocycles. The molecule has 102 valence electrons. The predicted octanol–water partition coefficient (Wildman–Crippen LogP) is 2.90. The zero-order valence-corrected chi connectivity index (χ0v) is 11.8. The molecule has 3 heteroatoms. The molecule has 0 amide bonds. The lowest BCUT2D eigenvalue weighted by Gasteiger charge is -2.23. The van der Waals surface area contributed by atoms with Crippen LogP contribution in [0, 0.1) is 6.92 Å². The van der Waals surface area contributed by atoms with Crippen LogP contribution >= 0.6 is 0 Å². The average molecular weight is 252 g/mol. The molecule has 1 aromatic carbocycles. The third-order valence-corrected chi connectivity index (χ3v) is 2.85. The lowest BCUT2D eigenvalue weighted by molar-refractivity contribution is 0.102. The van der Waals surface area contributed by atoms with Gasteiger partial charge in [0.25, 0.3) is 0 Å². The van der Waals surface area contributed by atoms with E-state index in [0.717, 1.165) is 16.7 Å². The van der Waals surface area contributed by atoms with Crippen LogP contribution in [-0.2, 0) is 16.8 Å². The van der Waals surface area contributed by atoms with E-state index in [1.165, 1.54) is 0 Å². The van der Waals surface area contributed by atoms with Crippen LogP contribution in [0.4, 0.5) is 0 Å². The number of benzene rings is 1. The van der Waals surface area contributed by atoms with E-state index in [-0.39, 0.29) is 12.0 Å². The van der Waals surface area contributed by atoms with Crippen LogP contribution in [0.15, 0.2) is 12.1 Å². The van der Waals surface area contributed by atoms with Gasteiger partial charge in [-0.25, -0.2) is 0 Å². The molecule has 0 fully saturated rings. The zero-order chi connectivity index (χ0) is 13.8. The molecule has 0 radical (unpaired) electrons. The highest BCUT2D eigenvalue weighted by molar-refractivity contribution is 5.46. The Morgan fingerprint density at radius 2 is 1.89 bits per heavy atom. The highest BCUT2D eigenvalue weighted by Crippen LogP contribution is 2.34. The van der Waals surface area contributed by atoms with Crippen LogP contribution < -0.4 is 0 Å². The maximum Gasteiger partial charge on any atom is 0.124 e. The van der Waals surface area contributed by atoms with Gasteiger partial charge in [0.15, 0.2) is 0 Å². The van der Waals surface area contributed by atoms with Gasteiger partial charge in [0.1, 0.15) is 5.75 Å². The van der Waals surface area contributed by atoms with Crippen molar-refractivity contribution >= 4 is 0 Å². The summed E-state index contributed by atoms with van der Waals surface area (Å²) in [6.45, 7) is 9.29. The quantitative estimate of drug-likeness (QED) is 0.792. The van der Waals surface area contributed by atoms with Crippen LogP contribution in [0.5, 0.6) is 5.75 Å². The van der Waals surface area contributed by atoms with Gasteiger partial charge in [0.2, 0.25) is 0 Å². The molecule has 18 heavy (non-hydrogen) atoms. The molecule has 0 aliphatic heterocycles. The number of aromatic hydroxyl groups is 1. The third kappa shape index (κ3) is 4.00. The van der Waals surface area contributed by atoms with Crippen molar-refractivity contribution in [2.75, 3.05) is 13.2 Å². The summed E-state index contributed by atoms with van der Waals surface area (Å²) in [5.41, 5.74) is 2.80. The van der Waals surface area contributed by atoms with Crippen molar-refractivity contribution < 1.29 is 14.9 Å². The molecule has 0 aliphatic rings. The largest absolute Gasteiger partial charge is 0.507 e. The molecule has 0 spiro atoms. The first-order valence-electron chi connectivity index (χ1n) is 6.38. The molecular weight excluding hydrogens is 228 g/mol. The fourth-order valence-electron chi connectivity index (χ4n) is 1.88. The summed E-state index contributed by atoms with van der Waals surface area (Å²) in [7, 11) is 0. The predicted molar refractivity (Wildman–Crippen MR) is 72.9 cm³/mol. The first-order chi connectivity index (χ1) is 8.36. The second-order valence-corrected chi connectivity index (χ2v) is 5.70. The summed E-state index contributed by atoms with van der Waals surface area (Å²) >= 11 is 0. The first kappa shape index (κ1) is 15.0. The molecule has 0 unspecified atom stereocenters. The van der Waals surface area contributed by atoms with Gasteiger partial charge in [-0.3, -0.25) is 0 Å². The summed E-state index contributed by atoms with van der Waals surface area (Å²) < 4.78 is 5.44. The van der Waals surface area contributed by atoms with Crippen molar-refractivity contribution in [1.29, 1.82) is 0 Å². The number of rotatable bonds is 5.